The van der Waals surface area contributed by atoms with Gasteiger partial charge in [0, 0.05) is 25.8 Å². The number of nitrogens with one attached hydrogen (secondary N) is 1. The Hall–Kier alpha value is -3.35. The lowest BCUT2D eigenvalue weighted by Gasteiger charge is -2.15. The van der Waals surface area contributed by atoms with Gasteiger partial charge in [-0.25, -0.2) is 18.1 Å². The lowest BCUT2D eigenvalue weighted by atomic mass is 10.1. The van der Waals surface area contributed by atoms with Crippen LogP contribution in [-0.2, 0) is 32.2 Å². The largest absolute Gasteiger partial charge is 0.491 e. The molecule has 1 N–H and O–H groups in total. The fourth-order valence-electron chi connectivity index (χ4n) is 3.04. The number of carbonyl (C=O) groups excluding carboxylic acids is 1. The van der Waals surface area contributed by atoms with E-state index in [9.17, 15) is 26.4 Å². The third-order valence-corrected chi connectivity index (χ3v) is 6.52. The number of carbonyl (C=O) groups is 1. The van der Waals surface area contributed by atoms with Crippen molar-refractivity contribution in [2.24, 2.45) is 0 Å². The van der Waals surface area contributed by atoms with Crippen molar-refractivity contribution in [3.05, 3.63) is 76.9 Å². The van der Waals surface area contributed by atoms with Crippen LogP contribution >= 0.6 is 11.6 Å². The molecule has 0 aliphatic rings. The number of sulfonamides is 1. The van der Waals surface area contributed by atoms with Crippen molar-refractivity contribution in [3.8, 4) is 17.4 Å². The number of ether oxygens (including phenoxy) is 3. The van der Waals surface area contributed by atoms with Gasteiger partial charge in [0.15, 0.2) is 0 Å². The minimum Gasteiger partial charge on any atom is -0.491 e. The van der Waals surface area contributed by atoms with Gasteiger partial charge in [0.2, 0.25) is 11.8 Å². The van der Waals surface area contributed by atoms with Crippen LogP contribution in [0.3, 0.4) is 0 Å². The topological polar surface area (TPSA) is 104 Å². The predicted molar refractivity (Wildman–Crippen MR) is 128 cm³/mol. The normalized spacial score (nSPS) is 11.7. The van der Waals surface area contributed by atoms with Crippen molar-refractivity contribution in [3.63, 3.8) is 0 Å². The van der Waals surface area contributed by atoms with Gasteiger partial charge in [0.05, 0.1) is 17.1 Å². The van der Waals surface area contributed by atoms with Gasteiger partial charge in [0.25, 0.3) is 10.0 Å². The number of nitrogens with zero attached hydrogens (tertiary/aromatic N) is 1. The zero-order chi connectivity index (χ0) is 27.1. The molecule has 2 aromatic carbocycles. The first-order valence-electron chi connectivity index (χ1n) is 10.8. The number of benzene rings is 2. The van der Waals surface area contributed by atoms with E-state index >= 15 is 0 Å². The molecule has 0 atom stereocenters. The van der Waals surface area contributed by atoms with E-state index in [-0.39, 0.29) is 41.0 Å². The third-order valence-electron chi connectivity index (χ3n) is 4.86. The van der Waals surface area contributed by atoms with Crippen molar-refractivity contribution >= 4 is 27.5 Å². The summed E-state index contributed by atoms with van der Waals surface area (Å²) in [7, 11) is -2.54. The SMILES string of the molecule is COCCOc1ccc(CCC(=O)NS(=O)(=O)c2ccccc2)c(Oc2ncc(C(F)(F)F)cc2Cl)c1. The number of halogens is 4. The summed E-state index contributed by atoms with van der Waals surface area (Å²) in [4.78, 5) is 16.0. The van der Waals surface area contributed by atoms with Gasteiger partial charge < -0.3 is 14.2 Å². The second-order valence-electron chi connectivity index (χ2n) is 7.56. The molecule has 0 unspecified atom stereocenters. The molecular formula is C24H22ClF3N2O6S. The summed E-state index contributed by atoms with van der Waals surface area (Å²) in [6.45, 7) is 0.522. The van der Waals surface area contributed by atoms with Crippen molar-refractivity contribution in [1.82, 2.24) is 9.71 Å². The van der Waals surface area contributed by atoms with Crippen LogP contribution in [0.25, 0.3) is 0 Å². The van der Waals surface area contributed by atoms with Crippen LogP contribution in [0, 0.1) is 0 Å². The quantitative estimate of drug-likeness (QED) is 0.330. The number of amides is 1. The Bertz CT molecular complexity index is 1340. The van der Waals surface area contributed by atoms with Crippen LogP contribution in [0.1, 0.15) is 17.5 Å². The van der Waals surface area contributed by atoms with Crippen LogP contribution in [0.4, 0.5) is 13.2 Å². The second kappa shape index (κ2) is 12.3. The maximum Gasteiger partial charge on any atom is 0.417 e. The lowest BCUT2D eigenvalue weighted by molar-refractivity contribution is -0.137. The molecular weight excluding hydrogens is 537 g/mol. The maximum absolute atomic E-state index is 12.9. The highest BCUT2D eigenvalue weighted by Gasteiger charge is 2.32. The lowest BCUT2D eigenvalue weighted by Crippen LogP contribution is -2.30. The summed E-state index contributed by atoms with van der Waals surface area (Å²) in [5.41, 5.74) is -0.609. The predicted octanol–water partition coefficient (Wildman–Crippen LogP) is 5.01. The zero-order valence-electron chi connectivity index (χ0n) is 19.4. The van der Waals surface area contributed by atoms with Gasteiger partial charge in [-0.15, -0.1) is 0 Å². The van der Waals surface area contributed by atoms with Gasteiger partial charge in [-0.3, -0.25) is 4.79 Å². The van der Waals surface area contributed by atoms with E-state index in [0.717, 1.165) is 0 Å². The molecule has 13 heteroatoms. The highest BCUT2D eigenvalue weighted by molar-refractivity contribution is 7.90. The second-order valence-corrected chi connectivity index (χ2v) is 9.65. The van der Waals surface area contributed by atoms with Gasteiger partial charge in [-0.1, -0.05) is 35.9 Å². The number of aromatic nitrogens is 1. The summed E-state index contributed by atoms with van der Waals surface area (Å²) in [5.74, 6) is -0.584. The van der Waals surface area contributed by atoms with E-state index in [4.69, 9.17) is 25.8 Å². The molecule has 0 aliphatic carbocycles. The highest BCUT2D eigenvalue weighted by atomic mass is 35.5. The number of pyridine rings is 1. The Morgan fingerprint density at radius 1 is 1.08 bits per heavy atom. The van der Waals surface area contributed by atoms with E-state index in [1.54, 1.807) is 18.2 Å². The fourth-order valence-corrected chi connectivity index (χ4v) is 4.28. The van der Waals surface area contributed by atoms with Crippen LogP contribution in [-0.4, -0.2) is 39.6 Å². The van der Waals surface area contributed by atoms with Gasteiger partial charge >= 0.3 is 6.18 Å². The fraction of sp³-hybridized carbons (Fsp3) is 0.250. The summed E-state index contributed by atoms with van der Waals surface area (Å²) in [5, 5.41) is -0.377. The molecule has 0 saturated carbocycles. The third kappa shape index (κ3) is 8.07. The molecule has 1 heterocycles. The number of methoxy groups -OCH3 is 1. The van der Waals surface area contributed by atoms with Crippen LogP contribution in [0.15, 0.2) is 65.7 Å². The molecule has 8 nitrogen and oxygen atoms in total. The first kappa shape index (κ1) is 28.2. The summed E-state index contributed by atoms with van der Waals surface area (Å²) >= 11 is 5.97. The smallest absolute Gasteiger partial charge is 0.417 e. The number of rotatable bonds is 11. The molecule has 3 rings (SSSR count). The molecule has 37 heavy (non-hydrogen) atoms. The Morgan fingerprint density at radius 2 is 1.81 bits per heavy atom. The molecule has 0 fully saturated rings. The van der Waals surface area contributed by atoms with Crippen molar-refractivity contribution in [2.45, 2.75) is 23.9 Å². The van der Waals surface area contributed by atoms with E-state index < -0.39 is 27.7 Å². The van der Waals surface area contributed by atoms with E-state index in [1.807, 2.05) is 4.72 Å². The Kier molecular flexibility index (Phi) is 9.35. The van der Waals surface area contributed by atoms with Gasteiger partial charge in [-0.05, 0) is 36.2 Å². The Balaban J connectivity index is 1.79. The summed E-state index contributed by atoms with van der Waals surface area (Å²) < 4.78 is 81.8. The molecule has 198 valence electrons. The monoisotopic (exact) mass is 558 g/mol. The van der Waals surface area contributed by atoms with Gasteiger partial charge in [0.1, 0.15) is 23.1 Å². The maximum atomic E-state index is 12.9. The Labute approximate surface area is 216 Å². The molecule has 1 aromatic heterocycles. The molecule has 1 amide bonds. The number of hydrogen-bond donors (Lipinski definition) is 1. The Morgan fingerprint density at radius 3 is 2.46 bits per heavy atom. The number of hydrogen-bond acceptors (Lipinski definition) is 7. The van der Waals surface area contributed by atoms with Gasteiger partial charge in [-0.2, -0.15) is 13.2 Å². The molecule has 0 spiro atoms. The molecule has 0 saturated heterocycles. The van der Waals surface area contributed by atoms with Crippen molar-refractivity contribution < 1.29 is 40.6 Å². The van der Waals surface area contributed by atoms with Crippen LogP contribution < -0.4 is 14.2 Å². The number of alkyl halides is 3. The van der Waals surface area contributed by atoms with E-state index in [2.05, 4.69) is 4.98 Å². The molecule has 0 aliphatic heterocycles. The average Bonchev–Trinajstić information content (AvgIpc) is 2.84. The van der Waals surface area contributed by atoms with E-state index in [0.29, 0.717) is 30.2 Å². The standard InChI is InChI=1S/C24H22ClF3N2O6S/c1-34-11-12-35-18-9-7-16(8-10-22(31)30-37(32,33)19-5-3-2-4-6-19)21(14-18)36-23-20(25)13-17(15-29-23)24(26,27)28/h2-7,9,13-15H,8,10-12H2,1H3,(H,30,31). The summed E-state index contributed by atoms with van der Waals surface area (Å²) in [6, 6.07) is 12.7. The van der Waals surface area contributed by atoms with E-state index in [1.165, 1.54) is 37.4 Å². The van der Waals surface area contributed by atoms with Crippen LogP contribution in [0.2, 0.25) is 5.02 Å². The average molecular weight is 559 g/mol. The molecule has 0 radical (unpaired) electrons. The minimum atomic E-state index is -4.64. The van der Waals surface area contributed by atoms with Crippen molar-refractivity contribution in [1.29, 1.82) is 0 Å². The first-order chi connectivity index (χ1) is 17.5. The summed E-state index contributed by atoms with van der Waals surface area (Å²) in [6.07, 6.45) is -4.26. The molecule has 3 aromatic rings. The zero-order valence-corrected chi connectivity index (χ0v) is 21.0. The van der Waals surface area contributed by atoms with Crippen molar-refractivity contribution in [2.75, 3.05) is 20.3 Å². The minimum absolute atomic E-state index is 0.0298. The number of aryl methyl sites for hydroxylation is 1. The molecule has 0 bridgehead atoms. The highest BCUT2D eigenvalue weighted by Crippen LogP contribution is 2.36. The van der Waals surface area contributed by atoms with Crippen LogP contribution in [0.5, 0.6) is 17.4 Å². The first-order valence-corrected chi connectivity index (χ1v) is 12.6.